The van der Waals surface area contributed by atoms with Gasteiger partial charge in [-0.25, -0.2) is 15.0 Å². The van der Waals surface area contributed by atoms with Gasteiger partial charge >= 0.3 is 0 Å². The summed E-state index contributed by atoms with van der Waals surface area (Å²) in [6.07, 6.45) is 2.87. The molecule has 0 radical (unpaired) electrons. The van der Waals surface area contributed by atoms with Crippen LogP contribution >= 0.6 is 0 Å². The number of β-amino-alcohol motifs (C(OH)–C–C–N with tert-alkyl or cyclic N) is 1. The molecule has 0 saturated heterocycles. The number of nitrogens with zero attached hydrogens (tertiary/aromatic N) is 5. The van der Waals surface area contributed by atoms with E-state index < -0.39 is 6.10 Å². The van der Waals surface area contributed by atoms with Crippen molar-refractivity contribution in [1.29, 1.82) is 0 Å². The Morgan fingerprint density at radius 1 is 1.16 bits per heavy atom. The summed E-state index contributed by atoms with van der Waals surface area (Å²) >= 11 is 0. The molecular formula is C23H27N5O4. The highest BCUT2D eigenvalue weighted by atomic mass is 16.5. The van der Waals surface area contributed by atoms with Gasteiger partial charge in [-0.1, -0.05) is 0 Å². The predicted molar refractivity (Wildman–Crippen MR) is 120 cm³/mol. The molecule has 1 N–H and O–H groups in total. The summed E-state index contributed by atoms with van der Waals surface area (Å²) in [5, 5.41) is 11.2. The fourth-order valence-corrected chi connectivity index (χ4v) is 3.97. The van der Waals surface area contributed by atoms with Crippen molar-refractivity contribution in [3.63, 3.8) is 0 Å². The molecule has 1 atom stereocenters. The van der Waals surface area contributed by atoms with Gasteiger partial charge in [-0.2, -0.15) is 0 Å². The predicted octanol–water partition coefficient (Wildman–Crippen LogP) is 2.44. The molecule has 0 unspecified atom stereocenters. The molecule has 4 rings (SSSR count). The summed E-state index contributed by atoms with van der Waals surface area (Å²) < 4.78 is 12.4. The van der Waals surface area contributed by atoms with Gasteiger partial charge in [0.15, 0.2) is 0 Å². The van der Waals surface area contributed by atoms with E-state index in [1.807, 2.05) is 4.90 Å². The third kappa shape index (κ3) is 4.03. The minimum Gasteiger partial charge on any atom is -0.497 e. The number of anilines is 1. The lowest BCUT2D eigenvalue weighted by Crippen LogP contribution is -2.53. The number of hydrogen-bond donors (Lipinski definition) is 1. The maximum atomic E-state index is 12.9. The Labute approximate surface area is 186 Å². The average molecular weight is 438 g/mol. The molecule has 3 aromatic rings. The quantitative estimate of drug-likeness (QED) is 0.627. The van der Waals surface area contributed by atoms with Crippen LogP contribution in [0.4, 0.5) is 5.95 Å². The molecule has 1 aliphatic rings. The molecule has 0 fully saturated rings. The van der Waals surface area contributed by atoms with Crippen molar-refractivity contribution in [2.75, 3.05) is 25.7 Å². The lowest BCUT2D eigenvalue weighted by Gasteiger charge is -2.45. The number of aliphatic hydroxyl groups excluding tert-OH is 1. The molecule has 1 aromatic carbocycles. The second kappa shape index (κ2) is 8.58. The van der Waals surface area contributed by atoms with Gasteiger partial charge in [0, 0.05) is 29.9 Å². The molecule has 9 heteroatoms. The van der Waals surface area contributed by atoms with Gasteiger partial charge in [-0.3, -0.25) is 9.36 Å². The Balaban J connectivity index is 1.77. The minimum atomic E-state index is -0.898. The standard InChI is InChI=1S/C23H27N5O4/c1-23(2)8-10-27-21(30)12-18(17-7-9-24-14-25-17)26-22(27)28(23)13-19(29)16-11-15(31-3)5-6-20(16)32-4/h5-7,9,11-12,14,19,29H,8,10,13H2,1-4H3/t19-/m0/s1. The first-order valence-corrected chi connectivity index (χ1v) is 10.4. The van der Waals surface area contributed by atoms with E-state index in [9.17, 15) is 9.90 Å². The fraction of sp³-hybridized carbons (Fsp3) is 0.391. The average Bonchev–Trinajstić information content (AvgIpc) is 2.80. The second-order valence-electron chi connectivity index (χ2n) is 8.32. The van der Waals surface area contributed by atoms with Crippen molar-refractivity contribution in [2.45, 2.75) is 38.5 Å². The molecule has 0 saturated carbocycles. The smallest absolute Gasteiger partial charge is 0.255 e. The Hall–Kier alpha value is -3.46. The number of rotatable bonds is 6. The van der Waals surface area contributed by atoms with Crippen LogP contribution in [0, 0.1) is 0 Å². The van der Waals surface area contributed by atoms with Crippen molar-refractivity contribution in [2.24, 2.45) is 0 Å². The molecule has 0 aliphatic carbocycles. The van der Waals surface area contributed by atoms with Crippen LogP contribution in [0.3, 0.4) is 0 Å². The normalized spacial score (nSPS) is 15.7. The van der Waals surface area contributed by atoms with Gasteiger partial charge in [-0.15, -0.1) is 0 Å². The van der Waals surface area contributed by atoms with E-state index in [-0.39, 0.29) is 17.6 Å². The van der Waals surface area contributed by atoms with Gasteiger partial charge < -0.3 is 19.5 Å². The maximum Gasteiger partial charge on any atom is 0.255 e. The highest BCUT2D eigenvalue weighted by Crippen LogP contribution is 2.35. The Bertz CT molecular complexity index is 1160. The summed E-state index contributed by atoms with van der Waals surface area (Å²) in [5.74, 6) is 1.69. The number of methoxy groups -OCH3 is 2. The summed E-state index contributed by atoms with van der Waals surface area (Å²) in [4.78, 5) is 27.8. The third-order valence-corrected chi connectivity index (χ3v) is 5.90. The van der Waals surface area contributed by atoms with E-state index in [1.165, 1.54) is 12.4 Å². The van der Waals surface area contributed by atoms with Crippen molar-refractivity contribution in [3.8, 4) is 22.9 Å². The van der Waals surface area contributed by atoms with E-state index in [0.717, 1.165) is 6.42 Å². The lowest BCUT2D eigenvalue weighted by atomic mass is 9.94. The van der Waals surface area contributed by atoms with Crippen molar-refractivity contribution >= 4 is 5.95 Å². The molecule has 32 heavy (non-hydrogen) atoms. The summed E-state index contributed by atoms with van der Waals surface area (Å²) in [5.41, 5.74) is 1.15. The highest BCUT2D eigenvalue weighted by Gasteiger charge is 2.36. The van der Waals surface area contributed by atoms with Gasteiger partial charge in [0.2, 0.25) is 5.95 Å². The van der Waals surface area contributed by atoms with Crippen molar-refractivity contribution in [1.82, 2.24) is 19.5 Å². The molecule has 168 valence electrons. The Morgan fingerprint density at radius 2 is 1.97 bits per heavy atom. The molecule has 9 nitrogen and oxygen atoms in total. The second-order valence-corrected chi connectivity index (χ2v) is 8.32. The van der Waals surface area contributed by atoms with Crippen molar-refractivity contribution in [3.05, 3.63) is 58.8 Å². The zero-order chi connectivity index (χ0) is 22.9. The number of benzene rings is 1. The van der Waals surface area contributed by atoms with Crippen LogP contribution in [-0.2, 0) is 6.54 Å². The van der Waals surface area contributed by atoms with E-state index in [0.29, 0.717) is 40.9 Å². The monoisotopic (exact) mass is 437 g/mol. The number of aliphatic hydroxyl groups is 1. The molecule has 1 aliphatic heterocycles. The molecule has 0 bridgehead atoms. The largest absolute Gasteiger partial charge is 0.497 e. The number of ether oxygens (including phenoxy) is 2. The van der Waals surface area contributed by atoms with Crippen LogP contribution in [0.25, 0.3) is 11.4 Å². The van der Waals surface area contributed by atoms with E-state index >= 15 is 0 Å². The first-order chi connectivity index (χ1) is 15.3. The Kier molecular flexibility index (Phi) is 5.84. The molecule has 0 spiro atoms. The zero-order valence-electron chi connectivity index (χ0n) is 18.6. The topological polar surface area (TPSA) is 103 Å². The lowest BCUT2D eigenvalue weighted by molar-refractivity contribution is 0.164. The maximum absolute atomic E-state index is 12.9. The molecule has 3 heterocycles. The molecule has 2 aromatic heterocycles. The fourth-order valence-electron chi connectivity index (χ4n) is 3.97. The van der Waals surface area contributed by atoms with Gasteiger partial charge in [0.25, 0.3) is 5.56 Å². The van der Waals surface area contributed by atoms with Gasteiger partial charge in [-0.05, 0) is 44.5 Å². The van der Waals surface area contributed by atoms with E-state index in [1.54, 1.807) is 49.2 Å². The van der Waals surface area contributed by atoms with Gasteiger partial charge in [0.1, 0.15) is 23.9 Å². The van der Waals surface area contributed by atoms with E-state index in [2.05, 4.69) is 23.8 Å². The van der Waals surface area contributed by atoms with Crippen LogP contribution < -0.4 is 19.9 Å². The number of hydrogen-bond acceptors (Lipinski definition) is 8. The molecule has 0 amide bonds. The highest BCUT2D eigenvalue weighted by molar-refractivity contribution is 5.56. The first-order valence-electron chi connectivity index (χ1n) is 10.4. The van der Waals surface area contributed by atoms with Crippen LogP contribution in [0.15, 0.2) is 47.7 Å². The van der Waals surface area contributed by atoms with Crippen molar-refractivity contribution < 1.29 is 14.6 Å². The summed E-state index contributed by atoms with van der Waals surface area (Å²) in [7, 11) is 3.14. The number of aromatic nitrogens is 4. The first kappa shape index (κ1) is 21.8. The third-order valence-electron chi connectivity index (χ3n) is 5.90. The van der Waals surface area contributed by atoms with Crippen LogP contribution in [-0.4, -0.2) is 50.9 Å². The van der Waals surface area contributed by atoms with Crippen LogP contribution in [0.1, 0.15) is 31.9 Å². The zero-order valence-corrected chi connectivity index (χ0v) is 18.6. The summed E-state index contributed by atoms with van der Waals surface area (Å²) in [6, 6.07) is 8.52. The van der Waals surface area contributed by atoms with Crippen LogP contribution in [0.2, 0.25) is 0 Å². The summed E-state index contributed by atoms with van der Waals surface area (Å²) in [6.45, 7) is 4.93. The number of fused-ring (bicyclic) bond motifs is 1. The van der Waals surface area contributed by atoms with Crippen LogP contribution in [0.5, 0.6) is 11.5 Å². The van der Waals surface area contributed by atoms with Gasteiger partial charge in [0.05, 0.1) is 32.2 Å². The molecular weight excluding hydrogens is 410 g/mol. The SMILES string of the molecule is COc1ccc(OC)c([C@@H](O)CN2c3nc(-c4ccncn4)cc(=O)n3CCC2(C)C)c1. The van der Waals surface area contributed by atoms with E-state index in [4.69, 9.17) is 14.5 Å². The Morgan fingerprint density at radius 3 is 2.66 bits per heavy atom. The minimum absolute atomic E-state index is 0.155.